The highest BCUT2D eigenvalue weighted by Crippen LogP contribution is 2.50. The van der Waals surface area contributed by atoms with E-state index in [1.165, 1.54) is 0 Å². The molecule has 2 saturated heterocycles. The van der Waals surface area contributed by atoms with Gasteiger partial charge in [-0.05, 0) is 37.0 Å². The van der Waals surface area contributed by atoms with E-state index in [1.807, 2.05) is 97.9 Å². The second-order valence-electron chi connectivity index (χ2n) is 11.0. The van der Waals surface area contributed by atoms with E-state index in [1.54, 1.807) is 6.92 Å². The second-order valence-corrected chi connectivity index (χ2v) is 11.0. The number of hydrogen-bond donors (Lipinski definition) is 0. The van der Waals surface area contributed by atoms with Crippen molar-refractivity contribution in [3.63, 3.8) is 0 Å². The van der Waals surface area contributed by atoms with Crippen molar-refractivity contribution in [2.45, 2.75) is 77.2 Å². The lowest BCUT2D eigenvalue weighted by atomic mass is 9.73. The van der Waals surface area contributed by atoms with Gasteiger partial charge in [0, 0.05) is 0 Å². The van der Waals surface area contributed by atoms with Crippen LogP contribution in [0.2, 0.25) is 0 Å². The van der Waals surface area contributed by atoms with Gasteiger partial charge < -0.3 is 23.7 Å². The molecule has 3 aromatic carbocycles. The molecule has 0 amide bonds. The SMILES string of the molecule is CC[C@@]1(C)OC2O[C@H](COCc3ccccc3)[C@H](OCc3ccccc3)[C@H](OCc3ccccc3)C2[C@@H]1C(C)=O. The highest BCUT2D eigenvalue weighted by Gasteiger charge is 2.62. The number of carbonyl (C=O) groups is 1. The lowest BCUT2D eigenvalue weighted by Gasteiger charge is -2.44. The number of rotatable bonds is 12. The first kappa shape index (κ1) is 28.7. The highest BCUT2D eigenvalue weighted by atomic mass is 16.7. The normalized spacial score (nSPS) is 29.7. The predicted molar refractivity (Wildman–Crippen MR) is 152 cm³/mol. The number of carbonyl (C=O) groups excluding carboxylic acids is 1. The lowest BCUT2D eigenvalue weighted by molar-refractivity contribution is -0.292. The maximum Gasteiger partial charge on any atom is 0.165 e. The van der Waals surface area contributed by atoms with Gasteiger partial charge in [-0.1, -0.05) is 97.9 Å². The summed E-state index contributed by atoms with van der Waals surface area (Å²) in [5, 5.41) is 0. The van der Waals surface area contributed by atoms with E-state index in [0.29, 0.717) is 32.8 Å². The molecule has 2 heterocycles. The number of fused-ring (bicyclic) bond motifs is 1. The molecule has 0 aliphatic carbocycles. The van der Waals surface area contributed by atoms with Crippen LogP contribution in [0.25, 0.3) is 0 Å². The maximum absolute atomic E-state index is 13.1. The van der Waals surface area contributed by atoms with Crippen molar-refractivity contribution in [1.29, 1.82) is 0 Å². The van der Waals surface area contributed by atoms with Crippen molar-refractivity contribution >= 4 is 5.78 Å². The first-order valence-corrected chi connectivity index (χ1v) is 14.2. The molecule has 0 bridgehead atoms. The van der Waals surface area contributed by atoms with E-state index in [4.69, 9.17) is 23.7 Å². The minimum absolute atomic E-state index is 0.0781. The zero-order valence-electron chi connectivity index (χ0n) is 23.6. The molecule has 7 atom stereocenters. The molecule has 2 fully saturated rings. The van der Waals surface area contributed by atoms with Crippen molar-refractivity contribution in [2.75, 3.05) is 6.61 Å². The largest absolute Gasteiger partial charge is 0.374 e. The first-order chi connectivity index (χ1) is 19.5. The molecule has 0 spiro atoms. The average molecular weight is 545 g/mol. The smallest absolute Gasteiger partial charge is 0.165 e. The van der Waals surface area contributed by atoms with Crippen molar-refractivity contribution in [1.82, 2.24) is 0 Å². The van der Waals surface area contributed by atoms with Gasteiger partial charge in [0.25, 0.3) is 0 Å². The first-order valence-electron chi connectivity index (χ1n) is 14.2. The van der Waals surface area contributed by atoms with Crippen LogP contribution in [0, 0.1) is 11.8 Å². The maximum atomic E-state index is 13.1. The molecular formula is C34H40O6. The highest BCUT2D eigenvalue weighted by molar-refractivity contribution is 5.80. The second kappa shape index (κ2) is 13.2. The Morgan fingerprint density at radius 2 is 1.27 bits per heavy atom. The third-order valence-corrected chi connectivity index (χ3v) is 8.23. The van der Waals surface area contributed by atoms with E-state index in [2.05, 4.69) is 6.92 Å². The quantitative estimate of drug-likeness (QED) is 0.274. The van der Waals surface area contributed by atoms with Crippen LogP contribution in [0.15, 0.2) is 91.0 Å². The predicted octanol–water partition coefficient (Wildman–Crippen LogP) is 6.12. The molecule has 2 aliphatic heterocycles. The number of hydrogen-bond acceptors (Lipinski definition) is 6. The summed E-state index contributed by atoms with van der Waals surface area (Å²) < 4.78 is 32.6. The zero-order chi connectivity index (χ0) is 28.0. The number of benzene rings is 3. The Balaban J connectivity index is 1.44. The van der Waals surface area contributed by atoms with Crippen LogP contribution in [-0.4, -0.2) is 42.6 Å². The van der Waals surface area contributed by atoms with Crippen LogP contribution in [-0.2, 0) is 48.3 Å². The molecule has 6 nitrogen and oxygen atoms in total. The number of Topliss-reactive ketones (excluding diaryl/α,β-unsaturated/α-hetero) is 1. The van der Waals surface area contributed by atoms with E-state index < -0.39 is 30.2 Å². The Morgan fingerprint density at radius 3 is 1.77 bits per heavy atom. The molecule has 40 heavy (non-hydrogen) atoms. The van der Waals surface area contributed by atoms with Gasteiger partial charge in [-0.25, -0.2) is 0 Å². The van der Waals surface area contributed by atoms with Gasteiger partial charge in [0.05, 0.1) is 50.0 Å². The van der Waals surface area contributed by atoms with Crippen molar-refractivity contribution < 1.29 is 28.5 Å². The fraction of sp³-hybridized carbons (Fsp3) is 0.441. The van der Waals surface area contributed by atoms with E-state index in [0.717, 1.165) is 16.7 Å². The fourth-order valence-corrected chi connectivity index (χ4v) is 6.07. The molecule has 6 heteroatoms. The van der Waals surface area contributed by atoms with Crippen LogP contribution in [0.4, 0.5) is 0 Å². The average Bonchev–Trinajstić information content (AvgIpc) is 3.29. The summed E-state index contributed by atoms with van der Waals surface area (Å²) in [5.41, 5.74) is 2.54. The van der Waals surface area contributed by atoms with Gasteiger partial charge >= 0.3 is 0 Å². The van der Waals surface area contributed by atoms with E-state index >= 15 is 0 Å². The minimum Gasteiger partial charge on any atom is -0.374 e. The molecule has 0 saturated carbocycles. The van der Waals surface area contributed by atoms with Crippen LogP contribution in [0.5, 0.6) is 0 Å². The summed E-state index contributed by atoms with van der Waals surface area (Å²) in [6, 6.07) is 30.2. The van der Waals surface area contributed by atoms with E-state index in [9.17, 15) is 4.79 Å². The van der Waals surface area contributed by atoms with Crippen molar-refractivity contribution in [3.8, 4) is 0 Å². The van der Waals surface area contributed by atoms with Gasteiger partial charge in [-0.3, -0.25) is 4.79 Å². The molecule has 0 aromatic heterocycles. The summed E-state index contributed by atoms with van der Waals surface area (Å²) >= 11 is 0. The minimum atomic E-state index is -0.653. The number of ketones is 1. The van der Waals surface area contributed by atoms with Gasteiger partial charge in [-0.15, -0.1) is 0 Å². The molecule has 212 valence electrons. The Morgan fingerprint density at radius 1 is 0.775 bits per heavy atom. The van der Waals surface area contributed by atoms with Crippen LogP contribution in [0.3, 0.4) is 0 Å². The molecule has 2 unspecified atom stereocenters. The molecule has 3 aromatic rings. The molecule has 0 N–H and O–H groups in total. The Labute approximate surface area is 237 Å². The summed E-state index contributed by atoms with van der Waals surface area (Å²) in [6.45, 7) is 7.26. The Bertz CT molecular complexity index is 1200. The van der Waals surface area contributed by atoms with Crippen LogP contribution >= 0.6 is 0 Å². The van der Waals surface area contributed by atoms with Gasteiger partial charge in [0.1, 0.15) is 18.0 Å². The summed E-state index contributed by atoms with van der Waals surface area (Å²) in [4.78, 5) is 13.1. The van der Waals surface area contributed by atoms with Crippen molar-refractivity contribution in [3.05, 3.63) is 108 Å². The Hall–Kier alpha value is -2.87. The lowest BCUT2D eigenvalue weighted by Crippen LogP contribution is -2.58. The molecular weight excluding hydrogens is 504 g/mol. The Kier molecular flexibility index (Phi) is 9.45. The molecule has 2 aliphatic rings. The third kappa shape index (κ3) is 6.54. The van der Waals surface area contributed by atoms with Gasteiger partial charge in [0.2, 0.25) is 0 Å². The van der Waals surface area contributed by atoms with E-state index in [-0.39, 0.29) is 17.6 Å². The standard InChI is InChI=1S/C34H40O6/c1-4-34(3)30(24(2)35)29-32(38-22-27-18-12-7-13-19-27)31(37-21-26-16-10-6-11-17-26)28(39-33(29)40-34)23-36-20-25-14-8-5-9-15-25/h5-19,28-33H,4,20-23H2,1-3H3/t28-,29?,30+,31+,32-,33?,34-/m1/s1. The van der Waals surface area contributed by atoms with Crippen LogP contribution in [0.1, 0.15) is 43.9 Å². The van der Waals surface area contributed by atoms with Crippen LogP contribution < -0.4 is 0 Å². The van der Waals surface area contributed by atoms with Gasteiger partial charge in [0.15, 0.2) is 6.29 Å². The van der Waals surface area contributed by atoms with Crippen molar-refractivity contribution in [2.24, 2.45) is 11.8 Å². The fourth-order valence-electron chi connectivity index (χ4n) is 6.07. The summed E-state index contributed by atoms with van der Waals surface area (Å²) in [6.07, 6.45) is -1.26. The summed E-state index contributed by atoms with van der Waals surface area (Å²) in [7, 11) is 0. The molecule has 0 radical (unpaired) electrons. The van der Waals surface area contributed by atoms with Gasteiger partial charge in [-0.2, -0.15) is 0 Å². The summed E-state index contributed by atoms with van der Waals surface area (Å²) in [5.74, 6) is -0.607. The zero-order valence-corrected chi connectivity index (χ0v) is 23.6. The monoisotopic (exact) mass is 544 g/mol. The molecule has 5 rings (SSSR count). The third-order valence-electron chi connectivity index (χ3n) is 8.23. The number of ether oxygens (including phenoxy) is 5. The topological polar surface area (TPSA) is 63.2 Å².